The van der Waals surface area contributed by atoms with Crippen LogP contribution in [-0.2, 0) is 4.79 Å². The first-order valence-electron chi connectivity index (χ1n) is 5.19. The molecule has 1 N–H and O–H groups in total. The number of hydrogen-bond donors (Lipinski definition) is 1. The molecule has 3 nitrogen and oxygen atoms in total. The molecule has 0 spiro atoms. The van der Waals surface area contributed by atoms with Crippen molar-refractivity contribution in [1.29, 1.82) is 0 Å². The highest BCUT2D eigenvalue weighted by molar-refractivity contribution is 8.00. The van der Waals surface area contributed by atoms with Gasteiger partial charge in [0.15, 0.2) is 0 Å². The van der Waals surface area contributed by atoms with Crippen LogP contribution in [0.25, 0.3) is 0 Å². The zero-order chi connectivity index (χ0) is 12.0. The zero-order valence-corrected chi connectivity index (χ0v) is 10.4. The molecule has 0 aliphatic carbocycles. The summed E-state index contributed by atoms with van der Waals surface area (Å²) in [5, 5.41) is 8.96. The summed E-state index contributed by atoms with van der Waals surface area (Å²) in [7, 11) is 1.77. The fourth-order valence-electron chi connectivity index (χ4n) is 1.16. The van der Waals surface area contributed by atoms with E-state index in [1.54, 1.807) is 11.9 Å². The molecule has 0 aliphatic heterocycles. The molecule has 0 heterocycles. The smallest absolute Gasteiger partial charge is 0.236 e. The molecule has 0 aromatic heterocycles. The minimum atomic E-state index is 0.0523. The lowest BCUT2D eigenvalue weighted by molar-refractivity contribution is -0.115. The molecule has 0 fully saturated rings. The molecule has 0 aliphatic rings. The third-order valence-corrected chi connectivity index (χ3v) is 3.40. The van der Waals surface area contributed by atoms with E-state index in [0.717, 1.165) is 5.69 Å². The van der Waals surface area contributed by atoms with Crippen molar-refractivity contribution in [3.05, 3.63) is 30.3 Å². The van der Waals surface area contributed by atoms with Gasteiger partial charge in [-0.15, -0.1) is 11.8 Å². The molecule has 16 heavy (non-hydrogen) atoms. The fourth-order valence-corrected chi connectivity index (χ4v) is 1.88. The number of anilines is 1. The van der Waals surface area contributed by atoms with Crippen molar-refractivity contribution in [3.8, 4) is 0 Å². The van der Waals surface area contributed by atoms with E-state index in [0.29, 0.717) is 5.75 Å². The van der Waals surface area contributed by atoms with Gasteiger partial charge in [-0.25, -0.2) is 0 Å². The lowest BCUT2D eigenvalue weighted by atomic mass is 10.3. The first-order valence-corrected chi connectivity index (χ1v) is 6.24. The molecule has 0 saturated heterocycles. The van der Waals surface area contributed by atoms with E-state index in [4.69, 9.17) is 5.11 Å². The Morgan fingerprint density at radius 3 is 2.62 bits per heavy atom. The third kappa shape index (κ3) is 3.87. The summed E-state index contributed by atoms with van der Waals surface area (Å²) in [6.07, 6.45) is 0. The first-order chi connectivity index (χ1) is 7.65. The number of thioether (sulfide) groups is 1. The van der Waals surface area contributed by atoms with Gasteiger partial charge in [0.1, 0.15) is 0 Å². The summed E-state index contributed by atoms with van der Waals surface area (Å²) in [5.41, 5.74) is 0.893. The van der Waals surface area contributed by atoms with Gasteiger partial charge in [0, 0.05) is 18.0 Å². The highest BCUT2D eigenvalue weighted by Crippen LogP contribution is 2.15. The van der Waals surface area contributed by atoms with Crippen LogP contribution < -0.4 is 4.90 Å². The average Bonchev–Trinajstić information content (AvgIpc) is 2.35. The number of amides is 1. The SMILES string of the molecule is C[C@H](CO)SCC(=O)N(C)c1ccccc1. The second kappa shape index (κ2) is 6.55. The minimum absolute atomic E-state index is 0.0523. The summed E-state index contributed by atoms with van der Waals surface area (Å²) in [5.74, 6) is 0.448. The molecular formula is C12H17NO2S. The predicted octanol–water partition coefficient (Wildman–Crippen LogP) is 1.76. The molecule has 1 amide bonds. The Balaban J connectivity index is 2.49. The van der Waals surface area contributed by atoms with Crippen LogP contribution in [0.1, 0.15) is 6.92 Å². The summed E-state index contributed by atoms with van der Waals surface area (Å²) < 4.78 is 0. The van der Waals surface area contributed by atoms with Crippen molar-refractivity contribution in [2.75, 3.05) is 24.3 Å². The molecule has 1 aromatic carbocycles. The van der Waals surface area contributed by atoms with Crippen molar-refractivity contribution < 1.29 is 9.90 Å². The number of carbonyl (C=O) groups excluding carboxylic acids is 1. The van der Waals surface area contributed by atoms with Gasteiger partial charge in [-0.3, -0.25) is 4.79 Å². The van der Waals surface area contributed by atoms with Crippen molar-refractivity contribution in [1.82, 2.24) is 0 Å². The van der Waals surface area contributed by atoms with Gasteiger partial charge in [-0.1, -0.05) is 25.1 Å². The Morgan fingerprint density at radius 2 is 2.06 bits per heavy atom. The summed E-state index contributed by atoms with van der Waals surface area (Å²) in [6, 6.07) is 9.53. The summed E-state index contributed by atoms with van der Waals surface area (Å²) in [6.45, 7) is 2.01. The Morgan fingerprint density at radius 1 is 1.44 bits per heavy atom. The van der Waals surface area contributed by atoms with E-state index >= 15 is 0 Å². The number of rotatable bonds is 5. The topological polar surface area (TPSA) is 40.5 Å². The van der Waals surface area contributed by atoms with Gasteiger partial charge < -0.3 is 10.0 Å². The predicted molar refractivity (Wildman–Crippen MR) is 68.9 cm³/mol. The Kier molecular flexibility index (Phi) is 5.35. The maximum Gasteiger partial charge on any atom is 0.236 e. The van der Waals surface area contributed by atoms with Crippen LogP contribution in [0.4, 0.5) is 5.69 Å². The largest absolute Gasteiger partial charge is 0.395 e. The molecule has 4 heteroatoms. The van der Waals surface area contributed by atoms with Crippen molar-refractivity contribution >= 4 is 23.4 Å². The first kappa shape index (κ1) is 13.1. The van der Waals surface area contributed by atoms with Crippen LogP contribution in [0.5, 0.6) is 0 Å². The van der Waals surface area contributed by atoms with E-state index < -0.39 is 0 Å². The molecular weight excluding hydrogens is 222 g/mol. The molecule has 0 radical (unpaired) electrons. The second-order valence-electron chi connectivity index (χ2n) is 3.59. The van der Waals surface area contributed by atoms with Crippen molar-refractivity contribution in [2.45, 2.75) is 12.2 Å². The van der Waals surface area contributed by atoms with Crippen LogP contribution in [-0.4, -0.2) is 35.7 Å². The van der Waals surface area contributed by atoms with Crippen LogP contribution in [0.15, 0.2) is 30.3 Å². The van der Waals surface area contributed by atoms with E-state index in [9.17, 15) is 4.79 Å². The lowest BCUT2D eigenvalue weighted by Gasteiger charge is -2.17. The molecule has 0 bridgehead atoms. The number of hydrogen-bond acceptors (Lipinski definition) is 3. The van der Waals surface area contributed by atoms with E-state index in [-0.39, 0.29) is 17.8 Å². The van der Waals surface area contributed by atoms with Gasteiger partial charge in [0.05, 0.1) is 12.4 Å². The third-order valence-electron chi connectivity index (χ3n) is 2.27. The number of nitrogens with zero attached hydrogens (tertiary/aromatic N) is 1. The van der Waals surface area contributed by atoms with Crippen molar-refractivity contribution in [3.63, 3.8) is 0 Å². The Labute approximate surface area is 100 Å². The second-order valence-corrected chi connectivity index (χ2v) is 5.02. The van der Waals surface area contributed by atoms with Gasteiger partial charge in [0.25, 0.3) is 0 Å². The van der Waals surface area contributed by atoms with E-state index in [1.165, 1.54) is 11.8 Å². The molecule has 1 rings (SSSR count). The van der Waals surface area contributed by atoms with Gasteiger partial charge in [-0.05, 0) is 12.1 Å². The van der Waals surface area contributed by atoms with Crippen molar-refractivity contribution in [2.24, 2.45) is 0 Å². The monoisotopic (exact) mass is 239 g/mol. The fraction of sp³-hybridized carbons (Fsp3) is 0.417. The van der Waals surface area contributed by atoms with Crippen LogP contribution in [0, 0.1) is 0 Å². The van der Waals surface area contributed by atoms with Crippen LogP contribution in [0.2, 0.25) is 0 Å². The normalized spacial score (nSPS) is 12.2. The van der Waals surface area contributed by atoms with Gasteiger partial charge >= 0.3 is 0 Å². The Bertz CT molecular complexity index is 329. The van der Waals surface area contributed by atoms with E-state index in [1.807, 2.05) is 37.3 Å². The lowest BCUT2D eigenvalue weighted by Crippen LogP contribution is -2.28. The number of carbonyl (C=O) groups is 1. The molecule has 1 atom stereocenters. The highest BCUT2D eigenvalue weighted by Gasteiger charge is 2.12. The van der Waals surface area contributed by atoms with E-state index in [2.05, 4.69) is 0 Å². The number of aliphatic hydroxyl groups excluding tert-OH is 1. The van der Waals surface area contributed by atoms with Crippen LogP contribution in [0.3, 0.4) is 0 Å². The van der Waals surface area contributed by atoms with Gasteiger partial charge in [-0.2, -0.15) is 0 Å². The average molecular weight is 239 g/mol. The Hall–Kier alpha value is -1.00. The number of para-hydroxylation sites is 1. The molecule has 88 valence electrons. The number of benzene rings is 1. The highest BCUT2D eigenvalue weighted by atomic mass is 32.2. The maximum atomic E-state index is 11.8. The van der Waals surface area contributed by atoms with Crippen LogP contribution >= 0.6 is 11.8 Å². The molecule has 0 saturated carbocycles. The van der Waals surface area contributed by atoms with Gasteiger partial charge in [0.2, 0.25) is 5.91 Å². The molecule has 1 aromatic rings. The number of aliphatic hydroxyl groups is 1. The quantitative estimate of drug-likeness (QED) is 0.851. The molecule has 0 unspecified atom stereocenters. The summed E-state index contributed by atoms with van der Waals surface area (Å²) in [4.78, 5) is 13.4. The zero-order valence-electron chi connectivity index (χ0n) is 9.59. The standard InChI is InChI=1S/C12H17NO2S/c1-10(8-14)16-9-12(15)13(2)11-6-4-3-5-7-11/h3-7,10,14H,8-9H2,1-2H3/t10-/m1/s1. The minimum Gasteiger partial charge on any atom is -0.395 e. The maximum absolute atomic E-state index is 11.8. The summed E-state index contributed by atoms with van der Waals surface area (Å²) >= 11 is 1.47.